The van der Waals surface area contributed by atoms with Crippen LogP contribution in [0, 0.1) is 0 Å². The molecule has 2 aromatic carbocycles. The van der Waals surface area contributed by atoms with Gasteiger partial charge in [-0.2, -0.15) is 0 Å². The molecule has 1 aliphatic heterocycles. The van der Waals surface area contributed by atoms with E-state index in [0.29, 0.717) is 12.5 Å². The summed E-state index contributed by atoms with van der Waals surface area (Å²) < 4.78 is 0. The van der Waals surface area contributed by atoms with Gasteiger partial charge in [0.2, 0.25) is 0 Å². The van der Waals surface area contributed by atoms with Crippen LogP contribution in [0.15, 0.2) is 42.5 Å². The molecule has 3 rings (SSSR count). The average molecular weight is 251 g/mol. The Kier molecular flexibility index (Phi) is 2.86. The highest BCUT2D eigenvalue weighted by Gasteiger charge is 2.21. The molecular weight excluding hydrogens is 234 g/mol. The first kappa shape index (κ1) is 12.0. The van der Waals surface area contributed by atoms with Gasteiger partial charge < -0.3 is 5.32 Å². The highest BCUT2D eigenvalue weighted by atomic mass is 16.1. The van der Waals surface area contributed by atoms with Gasteiger partial charge in [-0.15, -0.1) is 0 Å². The summed E-state index contributed by atoms with van der Waals surface area (Å²) in [5.41, 5.74) is 5.62. The maximum absolute atomic E-state index is 11.7. The van der Waals surface area contributed by atoms with Crippen LogP contribution in [0.2, 0.25) is 0 Å². The lowest BCUT2D eigenvalue weighted by atomic mass is 9.93. The Labute approximate surface area is 113 Å². The van der Waals surface area contributed by atoms with Gasteiger partial charge in [0.25, 0.3) is 5.91 Å². The van der Waals surface area contributed by atoms with E-state index in [0.717, 1.165) is 11.1 Å². The fourth-order valence-electron chi connectivity index (χ4n) is 2.59. The maximum Gasteiger partial charge on any atom is 0.251 e. The predicted molar refractivity (Wildman–Crippen MR) is 77.1 cm³/mol. The molecule has 1 N–H and O–H groups in total. The molecule has 0 bridgehead atoms. The van der Waals surface area contributed by atoms with Gasteiger partial charge >= 0.3 is 0 Å². The standard InChI is InChI=1S/C17H17NO/c1-11(2)12-5-3-6-13(9-12)14-7-4-8-15-16(14)10-18-17(15)19/h3-9,11H,10H2,1-2H3,(H,18,19). The Morgan fingerprint density at radius 2 is 1.79 bits per heavy atom. The van der Waals surface area contributed by atoms with E-state index in [1.54, 1.807) is 0 Å². The molecule has 0 atom stereocenters. The van der Waals surface area contributed by atoms with Crippen molar-refractivity contribution in [3.63, 3.8) is 0 Å². The summed E-state index contributed by atoms with van der Waals surface area (Å²) in [4.78, 5) is 11.7. The van der Waals surface area contributed by atoms with Crippen molar-refractivity contribution in [1.29, 1.82) is 0 Å². The minimum Gasteiger partial charge on any atom is -0.348 e. The van der Waals surface area contributed by atoms with E-state index < -0.39 is 0 Å². The van der Waals surface area contributed by atoms with Crippen molar-refractivity contribution in [2.24, 2.45) is 0 Å². The van der Waals surface area contributed by atoms with Crippen molar-refractivity contribution in [1.82, 2.24) is 5.32 Å². The second kappa shape index (κ2) is 4.54. The third-order valence-electron chi connectivity index (χ3n) is 3.71. The first-order chi connectivity index (χ1) is 9.16. The number of carbonyl (C=O) groups excluding carboxylic acids is 1. The van der Waals surface area contributed by atoms with Crippen molar-refractivity contribution < 1.29 is 4.79 Å². The summed E-state index contributed by atoms with van der Waals surface area (Å²) in [7, 11) is 0. The number of rotatable bonds is 2. The van der Waals surface area contributed by atoms with E-state index in [1.165, 1.54) is 16.7 Å². The van der Waals surface area contributed by atoms with Crippen molar-refractivity contribution in [3.8, 4) is 11.1 Å². The zero-order valence-electron chi connectivity index (χ0n) is 11.2. The van der Waals surface area contributed by atoms with Crippen LogP contribution >= 0.6 is 0 Å². The Balaban J connectivity index is 2.13. The molecule has 0 aliphatic carbocycles. The van der Waals surface area contributed by atoms with Crippen LogP contribution < -0.4 is 5.32 Å². The number of benzene rings is 2. The minimum atomic E-state index is 0.0388. The second-order valence-electron chi connectivity index (χ2n) is 5.29. The van der Waals surface area contributed by atoms with Gasteiger partial charge in [0.1, 0.15) is 0 Å². The molecule has 1 amide bonds. The fourth-order valence-corrected chi connectivity index (χ4v) is 2.59. The second-order valence-corrected chi connectivity index (χ2v) is 5.29. The van der Waals surface area contributed by atoms with Gasteiger partial charge in [-0.1, -0.05) is 50.2 Å². The van der Waals surface area contributed by atoms with Crippen LogP contribution in [-0.4, -0.2) is 5.91 Å². The Morgan fingerprint density at radius 1 is 1.05 bits per heavy atom. The van der Waals surface area contributed by atoms with E-state index in [2.05, 4.69) is 49.5 Å². The number of nitrogens with one attached hydrogen (secondary N) is 1. The molecule has 2 nitrogen and oxygen atoms in total. The number of fused-ring (bicyclic) bond motifs is 1. The van der Waals surface area contributed by atoms with Crippen LogP contribution in [0.1, 0.15) is 41.3 Å². The zero-order valence-corrected chi connectivity index (χ0v) is 11.2. The van der Waals surface area contributed by atoms with Crippen molar-refractivity contribution in [2.45, 2.75) is 26.3 Å². The number of hydrogen-bond donors (Lipinski definition) is 1. The molecule has 0 fully saturated rings. The van der Waals surface area contributed by atoms with Crippen LogP contribution in [-0.2, 0) is 6.54 Å². The third-order valence-corrected chi connectivity index (χ3v) is 3.71. The molecule has 0 spiro atoms. The molecule has 0 unspecified atom stereocenters. The fraction of sp³-hybridized carbons (Fsp3) is 0.235. The van der Waals surface area contributed by atoms with Gasteiger partial charge in [0.15, 0.2) is 0 Å². The molecule has 19 heavy (non-hydrogen) atoms. The molecule has 0 radical (unpaired) electrons. The van der Waals surface area contributed by atoms with E-state index in [-0.39, 0.29) is 5.91 Å². The smallest absolute Gasteiger partial charge is 0.251 e. The lowest BCUT2D eigenvalue weighted by molar-refractivity contribution is 0.0966. The molecule has 1 heterocycles. The first-order valence-electron chi connectivity index (χ1n) is 6.67. The number of carbonyl (C=O) groups is 1. The predicted octanol–water partition coefficient (Wildman–Crippen LogP) is 3.72. The lowest BCUT2D eigenvalue weighted by Gasteiger charge is -2.11. The summed E-state index contributed by atoms with van der Waals surface area (Å²) in [6.07, 6.45) is 0. The van der Waals surface area contributed by atoms with E-state index >= 15 is 0 Å². The molecule has 2 aromatic rings. The highest BCUT2D eigenvalue weighted by Crippen LogP contribution is 2.30. The molecule has 0 saturated heterocycles. The molecular formula is C17H17NO. The Bertz CT molecular complexity index is 643. The summed E-state index contributed by atoms with van der Waals surface area (Å²) in [5, 5.41) is 2.89. The van der Waals surface area contributed by atoms with Gasteiger partial charge in [-0.05, 0) is 34.2 Å². The monoisotopic (exact) mass is 251 g/mol. The van der Waals surface area contributed by atoms with Crippen LogP contribution in [0.4, 0.5) is 0 Å². The van der Waals surface area contributed by atoms with Crippen LogP contribution in [0.3, 0.4) is 0 Å². The lowest BCUT2D eigenvalue weighted by Crippen LogP contribution is -2.12. The normalized spacial score (nSPS) is 13.5. The van der Waals surface area contributed by atoms with Gasteiger partial charge in [0, 0.05) is 12.1 Å². The van der Waals surface area contributed by atoms with Gasteiger partial charge in [0.05, 0.1) is 0 Å². The number of amides is 1. The molecule has 2 heteroatoms. The molecule has 96 valence electrons. The zero-order chi connectivity index (χ0) is 13.4. The highest BCUT2D eigenvalue weighted by molar-refractivity contribution is 6.00. The largest absolute Gasteiger partial charge is 0.348 e. The van der Waals surface area contributed by atoms with Crippen molar-refractivity contribution >= 4 is 5.91 Å². The Morgan fingerprint density at radius 3 is 2.58 bits per heavy atom. The summed E-state index contributed by atoms with van der Waals surface area (Å²) in [6, 6.07) is 14.5. The first-order valence-corrected chi connectivity index (χ1v) is 6.67. The van der Waals surface area contributed by atoms with E-state index in [4.69, 9.17) is 0 Å². The molecule has 0 saturated carbocycles. The number of hydrogen-bond acceptors (Lipinski definition) is 1. The molecule has 0 aromatic heterocycles. The topological polar surface area (TPSA) is 29.1 Å². The third kappa shape index (κ3) is 2.03. The van der Waals surface area contributed by atoms with E-state index in [1.807, 2.05) is 12.1 Å². The SMILES string of the molecule is CC(C)c1cccc(-c2cccc3c2CNC3=O)c1. The summed E-state index contributed by atoms with van der Waals surface area (Å²) >= 11 is 0. The average Bonchev–Trinajstić information content (AvgIpc) is 2.81. The quantitative estimate of drug-likeness (QED) is 0.866. The van der Waals surface area contributed by atoms with Gasteiger partial charge in [-0.3, -0.25) is 4.79 Å². The summed E-state index contributed by atoms with van der Waals surface area (Å²) in [5.74, 6) is 0.549. The summed E-state index contributed by atoms with van der Waals surface area (Å²) in [6.45, 7) is 5.02. The Hall–Kier alpha value is -2.09. The van der Waals surface area contributed by atoms with Crippen molar-refractivity contribution in [2.75, 3.05) is 0 Å². The minimum absolute atomic E-state index is 0.0388. The maximum atomic E-state index is 11.7. The molecule has 1 aliphatic rings. The van der Waals surface area contributed by atoms with E-state index in [9.17, 15) is 4.79 Å². The van der Waals surface area contributed by atoms with Gasteiger partial charge in [-0.25, -0.2) is 0 Å². The van der Waals surface area contributed by atoms with Crippen LogP contribution in [0.5, 0.6) is 0 Å². The van der Waals surface area contributed by atoms with Crippen LogP contribution in [0.25, 0.3) is 11.1 Å². The van der Waals surface area contributed by atoms with Crippen molar-refractivity contribution in [3.05, 3.63) is 59.2 Å².